The highest BCUT2D eigenvalue weighted by molar-refractivity contribution is 5.88. The highest BCUT2D eigenvalue weighted by Crippen LogP contribution is 2.42. The predicted octanol–water partition coefficient (Wildman–Crippen LogP) is 1.71. The lowest BCUT2D eigenvalue weighted by Gasteiger charge is -2.40. The number of rotatable bonds is 0. The molecule has 1 saturated heterocycles. The molecule has 78 valence electrons. The van der Waals surface area contributed by atoms with Crippen molar-refractivity contribution < 1.29 is 0 Å². The molecule has 0 aromatic carbocycles. The van der Waals surface area contributed by atoms with Gasteiger partial charge in [-0.05, 0) is 56.0 Å². The molecule has 3 aliphatic rings. The Labute approximate surface area is 86.2 Å². The van der Waals surface area contributed by atoms with Crippen molar-refractivity contribution in [2.75, 3.05) is 19.6 Å². The lowest BCUT2D eigenvalue weighted by Crippen LogP contribution is -2.40. The second-order valence-corrected chi connectivity index (χ2v) is 5.27. The fourth-order valence-corrected chi connectivity index (χ4v) is 3.76. The van der Waals surface area contributed by atoms with Crippen LogP contribution in [0.25, 0.3) is 0 Å². The van der Waals surface area contributed by atoms with Crippen LogP contribution in [0, 0.1) is 23.7 Å². The van der Waals surface area contributed by atoms with Crippen molar-refractivity contribution in [2.24, 2.45) is 28.7 Å². The van der Waals surface area contributed by atoms with Crippen LogP contribution in [-0.4, -0.2) is 25.3 Å². The minimum Gasteiger partial charge on any atom is -0.316 e. The van der Waals surface area contributed by atoms with Gasteiger partial charge in [0, 0.05) is 12.3 Å². The van der Waals surface area contributed by atoms with Crippen LogP contribution in [0.5, 0.6) is 0 Å². The van der Waals surface area contributed by atoms with Crippen LogP contribution >= 0.6 is 0 Å². The van der Waals surface area contributed by atoms with E-state index in [4.69, 9.17) is 4.99 Å². The van der Waals surface area contributed by atoms with E-state index in [0.717, 1.165) is 30.2 Å². The second kappa shape index (κ2) is 3.34. The Morgan fingerprint density at radius 2 is 2.29 bits per heavy atom. The molecular weight excluding hydrogens is 172 g/mol. The topological polar surface area (TPSA) is 24.4 Å². The number of fused-ring (bicyclic) bond motifs is 2. The van der Waals surface area contributed by atoms with Crippen LogP contribution < -0.4 is 5.32 Å². The summed E-state index contributed by atoms with van der Waals surface area (Å²) in [6, 6.07) is 0. The maximum absolute atomic E-state index is 4.75. The Bertz CT molecular complexity index is 259. The van der Waals surface area contributed by atoms with Crippen LogP contribution in [-0.2, 0) is 0 Å². The molecule has 2 aliphatic heterocycles. The van der Waals surface area contributed by atoms with Crippen molar-refractivity contribution in [1.29, 1.82) is 0 Å². The Morgan fingerprint density at radius 1 is 1.36 bits per heavy atom. The van der Waals surface area contributed by atoms with Gasteiger partial charge in [0.05, 0.1) is 0 Å². The van der Waals surface area contributed by atoms with Crippen LogP contribution in [0.3, 0.4) is 0 Å². The first-order chi connectivity index (χ1) is 6.86. The van der Waals surface area contributed by atoms with E-state index in [9.17, 15) is 0 Å². The van der Waals surface area contributed by atoms with Gasteiger partial charge in [-0.3, -0.25) is 4.99 Å². The van der Waals surface area contributed by atoms with Gasteiger partial charge in [0.1, 0.15) is 0 Å². The first-order valence-electron chi connectivity index (χ1n) is 6.10. The van der Waals surface area contributed by atoms with Gasteiger partial charge >= 0.3 is 0 Å². The quantitative estimate of drug-likeness (QED) is 0.621. The molecule has 2 heterocycles. The number of hydrogen-bond acceptors (Lipinski definition) is 2. The van der Waals surface area contributed by atoms with Crippen LogP contribution in [0.1, 0.15) is 26.2 Å². The summed E-state index contributed by atoms with van der Waals surface area (Å²) in [5.74, 6) is 3.56. The number of nitrogens with one attached hydrogen (secondary N) is 1. The summed E-state index contributed by atoms with van der Waals surface area (Å²) >= 11 is 0. The van der Waals surface area contributed by atoms with Crippen LogP contribution in [0.2, 0.25) is 0 Å². The maximum atomic E-state index is 4.75. The van der Waals surface area contributed by atoms with Crippen LogP contribution in [0.4, 0.5) is 0 Å². The van der Waals surface area contributed by atoms with Gasteiger partial charge in [-0.1, -0.05) is 6.92 Å². The lowest BCUT2D eigenvalue weighted by molar-refractivity contribution is 0.214. The standard InChI is InChI=1S/C12H20N2/c1-8-10-3-2-4-14-12(10)5-9-6-13-7-11(8)9/h8-11,13H,2-7H2,1H3/t8?,9-,10?,11+/m1/s1. The fraction of sp³-hybridized carbons (Fsp3) is 0.917. The molecule has 1 saturated carbocycles. The molecular formula is C12H20N2. The zero-order chi connectivity index (χ0) is 9.54. The Morgan fingerprint density at radius 3 is 3.21 bits per heavy atom. The monoisotopic (exact) mass is 192 g/mol. The first kappa shape index (κ1) is 8.90. The molecule has 3 rings (SSSR count). The molecule has 0 aromatic rings. The highest BCUT2D eigenvalue weighted by atomic mass is 14.9. The molecule has 0 radical (unpaired) electrons. The summed E-state index contributed by atoms with van der Waals surface area (Å²) in [5, 5.41) is 3.55. The summed E-state index contributed by atoms with van der Waals surface area (Å²) < 4.78 is 0. The van der Waals surface area contributed by atoms with E-state index in [1.54, 1.807) is 5.71 Å². The van der Waals surface area contributed by atoms with E-state index in [-0.39, 0.29) is 0 Å². The van der Waals surface area contributed by atoms with Crippen molar-refractivity contribution >= 4 is 5.71 Å². The summed E-state index contributed by atoms with van der Waals surface area (Å²) in [5.41, 5.74) is 1.56. The van der Waals surface area contributed by atoms with Gasteiger partial charge < -0.3 is 5.32 Å². The minimum atomic E-state index is 0.838. The van der Waals surface area contributed by atoms with E-state index in [2.05, 4.69) is 12.2 Å². The maximum Gasteiger partial charge on any atom is 0.0389 e. The Hall–Kier alpha value is -0.370. The van der Waals surface area contributed by atoms with Crippen LogP contribution in [0.15, 0.2) is 4.99 Å². The van der Waals surface area contributed by atoms with Crippen molar-refractivity contribution in [3.05, 3.63) is 0 Å². The summed E-state index contributed by atoms with van der Waals surface area (Å²) in [7, 11) is 0. The van der Waals surface area contributed by atoms with Gasteiger partial charge in [-0.15, -0.1) is 0 Å². The largest absolute Gasteiger partial charge is 0.316 e. The predicted molar refractivity (Wildman–Crippen MR) is 58.7 cm³/mol. The normalized spacial score (nSPS) is 46.8. The minimum absolute atomic E-state index is 0.838. The number of aliphatic imine (C=N–C) groups is 1. The number of nitrogens with zero attached hydrogens (tertiary/aromatic N) is 1. The first-order valence-corrected chi connectivity index (χ1v) is 6.10. The average molecular weight is 192 g/mol. The molecule has 0 amide bonds. The molecule has 14 heavy (non-hydrogen) atoms. The molecule has 0 aromatic heterocycles. The highest BCUT2D eigenvalue weighted by Gasteiger charge is 2.42. The van der Waals surface area contributed by atoms with Crippen molar-refractivity contribution in [3.63, 3.8) is 0 Å². The zero-order valence-corrected chi connectivity index (χ0v) is 9.00. The number of hydrogen-bond donors (Lipinski definition) is 1. The molecule has 2 unspecified atom stereocenters. The third-order valence-corrected chi connectivity index (χ3v) is 4.59. The summed E-state index contributed by atoms with van der Waals surface area (Å²) in [6.07, 6.45) is 4.03. The van der Waals surface area contributed by atoms with E-state index in [1.807, 2.05) is 0 Å². The Balaban J connectivity index is 1.87. The summed E-state index contributed by atoms with van der Waals surface area (Å²) in [6.45, 7) is 6.05. The molecule has 0 spiro atoms. The SMILES string of the molecule is CC1C2CCCN=C2C[C@@H]2CNC[C@@H]12. The van der Waals surface area contributed by atoms with E-state index in [1.165, 1.54) is 32.4 Å². The average Bonchev–Trinajstić information content (AvgIpc) is 2.66. The Kier molecular flexibility index (Phi) is 2.12. The van der Waals surface area contributed by atoms with Gasteiger partial charge in [-0.25, -0.2) is 0 Å². The van der Waals surface area contributed by atoms with Crippen molar-refractivity contribution in [2.45, 2.75) is 26.2 Å². The van der Waals surface area contributed by atoms with Crippen molar-refractivity contribution in [1.82, 2.24) is 5.32 Å². The third kappa shape index (κ3) is 1.23. The molecule has 1 N–H and O–H groups in total. The second-order valence-electron chi connectivity index (χ2n) is 5.27. The van der Waals surface area contributed by atoms with Gasteiger partial charge in [0.15, 0.2) is 0 Å². The smallest absolute Gasteiger partial charge is 0.0389 e. The van der Waals surface area contributed by atoms with Gasteiger partial charge in [-0.2, -0.15) is 0 Å². The van der Waals surface area contributed by atoms with Gasteiger partial charge in [0.25, 0.3) is 0 Å². The van der Waals surface area contributed by atoms with Crippen molar-refractivity contribution in [3.8, 4) is 0 Å². The third-order valence-electron chi connectivity index (χ3n) is 4.59. The fourth-order valence-electron chi connectivity index (χ4n) is 3.76. The molecule has 2 nitrogen and oxygen atoms in total. The van der Waals surface area contributed by atoms with E-state index in [0.29, 0.717) is 0 Å². The molecule has 4 atom stereocenters. The lowest BCUT2D eigenvalue weighted by atomic mass is 9.66. The molecule has 1 aliphatic carbocycles. The molecule has 2 heteroatoms. The molecule has 2 fully saturated rings. The molecule has 0 bridgehead atoms. The zero-order valence-electron chi connectivity index (χ0n) is 9.00. The van der Waals surface area contributed by atoms with Gasteiger partial charge in [0.2, 0.25) is 0 Å². The van der Waals surface area contributed by atoms with E-state index >= 15 is 0 Å². The summed E-state index contributed by atoms with van der Waals surface area (Å²) in [4.78, 5) is 4.75. The van der Waals surface area contributed by atoms with E-state index < -0.39 is 0 Å².